The van der Waals surface area contributed by atoms with Crippen molar-refractivity contribution in [2.24, 2.45) is 5.92 Å². The molecule has 0 spiro atoms. The highest BCUT2D eigenvalue weighted by atomic mass is 35.5. The Morgan fingerprint density at radius 2 is 1.95 bits per heavy atom. The Morgan fingerprint density at radius 1 is 1.10 bits per heavy atom. The van der Waals surface area contributed by atoms with E-state index in [-0.39, 0.29) is 36.6 Å². The van der Waals surface area contributed by atoms with E-state index in [0.717, 1.165) is 36.2 Å². The highest BCUT2D eigenvalue weighted by Crippen LogP contribution is 2.48. The average Bonchev–Trinajstić information content (AvgIpc) is 3.86. The number of imidazole rings is 1. The number of hydrogen-bond donors (Lipinski definition) is 3. The van der Waals surface area contributed by atoms with Crippen molar-refractivity contribution in [3.63, 3.8) is 0 Å². The van der Waals surface area contributed by atoms with Gasteiger partial charge >= 0.3 is 0 Å². The summed E-state index contributed by atoms with van der Waals surface area (Å²) in [6.45, 7) is 0.666. The van der Waals surface area contributed by atoms with Gasteiger partial charge in [-0.3, -0.25) is 9.59 Å². The number of aliphatic hydroxyl groups excluding tert-OH is 1. The zero-order valence-electron chi connectivity index (χ0n) is 21.6. The van der Waals surface area contributed by atoms with Crippen LogP contribution in [0.25, 0.3) is 5.65 Å². The van der Waals surface area contributed by atoms with Gasteiger partial charge in [0.25, 0.3) is 0 Å². The van der Waals surface area contributed by atoms with Gasteiger partial charge in [0, 0.05) is 29.4 Å². The van der Waals surface area contributed by atoms with E-state index < -0.39 is 6.10 Å². The van der Waals surface area contributed by atoms with E-state index in [4.69, 9.17) is 16.6 Å². The number of nitrogens with one attached hydrogen (secondary N) is 2. The number of rotatable bonds is 8. The lowest BCUT2D eigenvalue weighted by Gasteiger charge is -2.18. The molecular weight excluding hydrogens is 530 g/mol. The Balaban J connectivity index is 1.04. The first-order valence-electron chi connectivity index (χ1n) is 13.5. The van der Waals surface area contributed by atoms with Crippen molar-refractivity contribution in [3.8, 4) is 0 Å². The molecule has 1 saturated heterocycles. The Labute approximate surface area is 235 Å². The molecule has 2 amide bonds. The van der Waals surface area contributed by atoms with E-state index in [1.807, 2.05) is 40.9 Å². The number of halogens is 1. The van der Waals surface area contributed by atoms with Gasteiger partial charge in [-0.05, 0) is 60.4 Å². The van der Waals surface area contributed by atoms with Gasteiger partial charge in [-0.2, -0.15) is 0 Å². The highest BCUT2D eigenvalue weighted by molar-refractivity contribution is 6.30. The summed E-state index contributed by atoms with van der Waals surface area (Å²) in [5.41, 5.74) is 4.44. The number of amides is 2. The molecule has 0 radical (unpaired) electrons. The first-order valence-corrected chi connectivity index (χ1v) is 13.9. The number of hydrogen-bond acceptors (Lipinski definition) is 7. The molecule has 3 aliphatic rings. The number of benzene rings is 1. The van der Waals surface area contributed by atoms with Crippen LogP contribution in [-0.2, 0) is 16.1 Å². The maximum absolute atomic E-state index is 12.8. The smallest absolute Gasteiger partial charge is 0.229 e. The van der Waals surface area contributed by atoms with Gasteiger partial charge in [0.2, 0.25) is 11.8 Å². The SMILES string of the molecule is O=C(Nc1cc(NCc2cn3cc(C4CC4)cc(N4C[C@@H](O)CC4=O)c3n2)ncn1)C1CC1c1cccc(Cl)c1. The highest BCUT2D eigenvalue weighted by Gasteiger charge is 2.44. The van der Waals surface area contributed by atoms with Crippen LogP contribution in [0.4, 0.5) is 17.3 Å². The van der Waals surface area contributed by atoms with Crippen molar-refractivity contribution < 1.29 is 14.7 Å². The number of aliphatic hydroxyl groups is 1. The third-order valence-electron chi connectivity index (χ3n) is 7.82. The minimum Gasteiger partial charge on any atom is -0.391 e. The summed E-state index contributed by atoms with van der Waals surface area (Å²) in [4.78, 5) is 40.3. The van der Waals surface area contributed by atoms with Crippen molar-refractivity contribution in [1.29, 1.82) is 0 Å². The lowest BCUT2D eigenvalue weighted by Crippen LogP contribution is -2.26. The topological polar surface area (TPSA) is 125 Å². The molecule has 3 fully saturated rings. The van der Waals surface area contributed by atoms with Crippen molar-refractivity contribution in [1.82, 2.24) is 19.4 Å². The lowest BCUT2D eigenvalue weighted by atomic mass is 10.1. The molecule has 204 valence electrons. The second-order valence-electron chi connectivity index (χ2n) is 10.9. The quantitative estimate of drug-likeness (QED) is 0.298. The minimum absolute atomic E-state index is 0.0736. The molecule has 1 aromatic carbocycles. The largest absolute Gasteiger partial charge is 0.391 e. The van der Waals surface area contributed by atoms with Gasteiger partial charge in [0.15, 0.2) is 5.65 Å². The Morgan fingerprint density at radius 3 is 2.73 bits per heavy atom. The summed E-state index contributed by atoms with van der Waals surface area (Å²) in [5, 5.41) is 16.9. The van der Waals surface area contributed by atoms with E-state index in [1.54, 1.807) is 11.0 Å². The molecule has 1 aliphatic heterocycles. The number of nitrogens with zero attached hydrogens (tertiary/aromatic N) is 5. The maximum Gasteiger partial charge on any atom is 0.229 e. The summed E-state index contributed by atoms with van der Waals surface area (Å²) in [6, 6.07) is 11.4. The van der Waals surface area contributed by atoms with Crippen molar-refractivity contribution in [2.45, 2.75) is 50.2 Å². The fourth-order valence-corrected chi connectivity index (χ4v) is 5.71. The number of β-amino-alcohol motifs (C(OH)–C–C–N with tert-alkyl or cyclic N) is 1. The summed E-state index contributed by atoms with van der Waals surface area (Å²) in [6.07, 6.45) is 7.96. The van der Waals surface area contributed by atoms with Gasteiger partial charge in [0.05, 0.1) is 37.0 Å². The minimum atomic E-state index is -0.664. The molecule has 4 heterocycles. The van der Waals surface area contributed by atoms with Crippen LogP contribution in [0.15, 0.2) is 55.1 Å². The van der Waals surface area contributed by atoms with Crippen LogP contribution in [0.5, 0.6) is 0 Å². The number of aromatic nitrogens is 4. The van der Waals surface area contributed by atoms with E-state index in [2.05, 4.69) is 26.8 Å². The molecule has 2 saturated carbocycles. The first-order chi connectivity index (χ1) is 19.4. The van der Waals surface area contributed by atoms with Crippen molar-refractivity contribution in [3.05, 3.63) is 77.0 Å². The number of carbonyl (C=O) groups excluding carboxylic acids is 2. The van der Waals surface area contributed by atoms with Crippen LogP contribution >= 0.6 is 11.6 Å². The summed E-state index contributed by atoms with van der Waals surface area (Å²) in [5.74, 6) is 1.37. The summed E-state index contributed by atoms with van der Waals surface area (Å²) >= 11 is 6.10. The van der Waals surface area contributed by atoms with Gasteiger partial charge < -0.3 is 25.0 Å². The molecular formula is C29H28ClN7O3. The second-order valence-corrected chi connectivity index (χ2v) is 11.3. The fraction of sp³-hybridized carbons (Fsp3) is 0.345. The third-order valence-corrected chi connectivity index (χ3v) is 8.06. The number of pyridine rings is 1. The molecule has 3 N–H and O–H groups in total. The molecule has 7 rings (SSSR count). The molecule has 0 bridgehead atoms. The van der Waals surface area contributed by atoms with Gasteiger partial charge in [-0.1, -0.05) is 23.7 Å². The van der Waals surface area contributed by atoms with E-state index in [9.17, 15) is 14.7 Å². The number of anilines is 3. The molecule has 11 heteroatoms. The summed E-state index contributed by atoms with van der Waals surface area (Å²) in [7, 11) is 0. The van der Waals surface area contributed by atoms with Crippen LogP contribution in [0.2, 0.25) is 5.02 Å². The molecule has 3 aromatic heterocycles. The van der Waals surface area contributed by atoms with Crippen LogP contribution in [-0.4, -0.2) is 48.9 Å². The van der Waals surface area contributed by atoms with E-state index >= 15 is 0 Å². The van der Waals surface area contributed by atoms with E-state index in [1.165, 1.54) is 11.9 Å². The second kappa shape index (κ2) is 9.87. The van der Waals surface area contributed by atoms with Crippen molar-refractivity contribution in [2.75, 3.05) is 22.1 Å². The molecule has 10 nitrogen and oxygen atoms in total. The molecule has 2 aliphatic carbocycles. The number of carbonyl (C=O) groups is 2. The number of fused-ring (bicyclic) bond motifs is 1. The molecule has 4 aromatic rings. The van der Waals surface area contributed by atoms with Gasteiger partial charge in [-0.15, -0.1) is 0 Å². The Bertz CT molecular complexity index is 1640. The standard InChI is InChI=1S/C29H28ClN7O3/c30-19-3-1-2-17(6-19)22-9-23(22)29(40)35-26-10-25(32-15-33-26)31-11-20-13-36-12-18(16-4-5-16)7-24(28(36)34-20)37-14-21(38)8-27(37)39/h1-3,6-7,10,12-13,15-16,21-23,38H,4-5,8-9,11,14H2,(H2,31,32,33,35,40)/t21-,22?,23?/m0/s1. The Hall–Kier alpha value is -4.02. The summed E-state index contributed by atoms with van der Waals surface area (Å²) < 4.78 is 1.97. The Kier molecular flexibility index (Phi) is 6.16. The lowest BCUT2D eigenvalue weighted by molar-refractivity contribution is -0.118. The third kappa shape index (κ3) is 5.00. The van der Waals surface area contributed by atoms with Crippen LogP contribution in [0, 0.1) is 5.92 Å². The average molecular weight is 558 g/mol. The normalized spacial score (nSPS) is 22.1. The predicted octanol–water partition coefficient (Wildman–Crippen LogP) is 4.11. The molecule has 3 atom stereocenters. The first kappa shape index (κ1) is 25.0. The monoisotopic (exact) mass is 557 g/mol. The van der Waals surface area contributed by atoms with Crippen LogP contribution in [0.3, 0.4) is 0 Å². The predicted molar refractivity (Wildman–Crippen MR) is 150 cm³/mol. The van der Waals surface area contributed by atoms with Crippen LogP contribution in [0.1, 0.15) is 54.3 Å². The van der Waals surface area contributed by atoms with Gasteiger partial charge in [-0.25, -0.2) is 15.0 Å². The van der Waals surface area contributed by atoms with Gasteiger partial charge in [0.1, 0.15) is 18.0 Å². The maximum atomic E-state index is 12.8. The zero-order valence-corrected chi connectivity index (χ0v) is 22.4. The fourth-order valence-electron chi connectivity index (χ4n) is 5.51. The van der Waals surface area contributed by atoms with Crippen LogP contribution < -0.4 is 15.5 Å². The van der Waals surface area contributed by atoms with E-state index in [0.29, 0.717) is 34.8 Å². The molecule has 2 unspecified atom stereocenters. The zero-order chi connectivity index (χ0) is 27.4. The van der Waals surface area contributed by atoms with Crippen molar-refractivity contribution >= 4 is 46.4 Å². The molecule has 40 heavy (non-hydrogen) atoms.